The van der Waals surface area contributed by atoms with Gasteiger partial charge in [-0.15, -0.1) is 11.3 Å². The molecule has 1 fully saturated rings. The second-order valence-corrected chi connectivity index (χ2v) is 8.10. The maximum atomic E-state index is 12.1. The lowest BCUT2D eigenvalue weighted by atomic mass is 10.2. The average Bonchev–Trinajstić information content (AvgIpc) is 3.14. The number of rotatable bonds is 9. The number of imide groups is 2. The predicted octanol–water partition coefficient (Wildman–Crippen LogP) is 1.54. The van der Waals surface area contributed by atoms with Gasteiger partial charge in [0.05, 0.1) is 0 Å². The van der Waals surface area contributed by atoms with E-state index in [0.717, 1.165) is 16.4 Å². The average molecular weight is 383 g/mol. The van der Waals surface area contributed by atoms with Crippen LogP contribution in [0.5, 0.6) is 0 Å². The first kappa shape index (κ1) is 19.5. The Labute approximate surface area is 154 Å². The Balaban J connectivity index is 1.73. The molecule has 1 aliphatic heterocycles. The van der Waals surface area contributed by atoms with Crippen molar-refractivity contribution in [2.75, 3.05) is 25.4 Å². The van der Waals surface area contributed by atoms with Crippen LogP contribution in [0.15, 0.2) is 17.5 Å². The number of urea groups is 1. The van der Waals surface area contributed by atoms with Gasteiger partial charge in [-0.2, -0.15) is 11.8 Å². The van der Waals surface area contributed by atoms with Crippen molar-refractivity contribution in [1.29, 1.82) is 0 Å². The van der Waals surface area contributed by atoms with Crippen LogP contribution in [0.3, 0.4) is 0 Å². The molecule has 0 saturated carbocycles. The van der Waals surface area contributed by atoms with E-state index in [4.69, 9.17) is 0 Å². The molecule has 5 amide bonds. The molecule has 1 aromatic heterocycles. The van der Waals surface area contributed by atoms with Crippen molar-refractivity contribution in [3.05, 3.63) is 22.4 Å². The van der Waals surface area contributed by atoms with Crippen molar-refractivity contribution in [1.82, 2.24) is 15.1 Å². The fourth-order valence-electron chi connectivity index (χ4n) is 2.25. The van der Waals surface area contributed by atoms with Crippen LogP contribution in [0, 0.1) is 5.92 Å². The maximum absolute atomic E-state index is 12.1. The van der Waals surface area contributed by atoms with Crippen molar-refractivity contribution in [3.63, 3.8) is 0 Å². The lowest BCUT2D eigenvalue weighted by molar-refractivity contribution is -0.144. The number of thioether (sulfide) groups is 1. The van der Waals surface area contributed by atoms with Gasteiger partial charge < -0.3 is 5.32 Å². The fourth-order valence-corrected chi connectivity index (χ4v) is 3.94. The smallest absolute Gasteiger partial charge is 0.334 e. The standard InChI is InChI=1S/C16H21N3O4S2/c1-11(2)8-18-14(21)15(22)19(16(18)23)9-13(20)17-5-7-24-10-12-4-3-6-25-12/h3-4,6,11H,5,7-10H2,1-2H3,(H,17,20). The lowest BCUT2D eigenvalue weighted by Crippen LogP contribution is -2.42. The molecule has 2 heterocycles. The lowest BCUT2D eigenvalue weighted by Gasteiger charge is -2.16. The SMILES string of the molecule is CC(C)CN1C(=O)C(=O)N(CC(=O)NCCSCc2cccs2)C1=O. The van der Waals surface area contributed by atoms with Gasteiger partial charge in [-0.05, 0) is 17.4 Å². The van der Waals surface area contributed by atoms with E-state index in [2.05, 4.69) is 11.4 Å². The largest absolute Gasteiger partial charge is 0.354 e. The predicted molar refractivity (Wildman–Crippen MR) is 97.2 cm³/mol. The minimum atomic E-state index is -0.937. The summed E-state index contributed by atoms with van der Waals surface area (Å²) in [7, 11) is 0. The monoisotopic (exact) mass is 383 g/mol. The Morgan fingerprint density at radius 1 is 1.24 bits per heavy atom. The Kier molecular flexibility index (Phi) is 7.01. The van der Waals surface area contributed by atoms with Gasteiger partial charge >= 0.3 is 17.8 Å². The maximum Gasteiger partial charge on any atom is 0.334 e. The van der Waals surface area contributed by atoms with E-state index in [-0.39, 0.29) is 12.5 Å². The zero-order valence-corrected chi connectivity index (χ0v) is 15.8. The number of hydrogen-bond donors (Lipinski definition) is 1. The number of nitrogens with zero attached hydrogens (tertiary/aromatic N) is 2. The number of amides is 5. The summed E-state index contributed by atoms with van der Waals surface area (Å²) in [4.78, 5) is 50.7. The molecular formula is C16H21N3O4S2. The molecule has 1 aliphatic rings. The molecule has 0 radical (unpaired) electrons. The van der Waals surface area contributed by atoms with Crippen molar-refractivity contribution in [3.8, 4) is 0 Å². The zero-order chi connectivity index (χ0) is 18.4. The molecule has 0 aliphatic carbocycles. The highest BCUT2D eigenvalue weighted by atomic mass is 32.2. The first-order valence-electron chi connectivity index (χ1n) is 7.94. The summed E-state index contributed by atoms with van der Waals surface area (Å²) in [5.74, 6) is -0.586. The molecule has 136 valence electrons. The van der Waals surface area contributed by atoms with Gasteiger partial charge in [0.2, 0.25) is 5.91 Å². The molecule has 2 rings (SSSR count). The highest BCUT2D eigenvalue weighted by Crippen LogP contribution is 2.16. The zero-order valence-electron chi connectivity index (χ0n) is 14.2. The first-order valence-corrected chi connectivity index (χ1v) is 9.97. The number of hydrogen-bond acceptors (Lipinski definition) is 6. The molecule has 1 N–H and O–H groups in total. The molecular weight excluding hydrogens is 362 g/mol. The topological polar surface area (TPSA) is 86.8 Å². The van der Waals surface area contributed by atoms with Crippen LogP contribution in [-0.2, 0) is 20.1 Å². The summed E-state index contributed by atoms with van der Waals surface area (Å²) >= 11 is 3.38. The van der Waals surface area contributed by atoms with Crippen LogP contribution < -0.4 is 5.32 Å². The van der Waals surface area contributed by atoms with Gasteiger partial charge in [-0.3, -0.25) is 19.3 Å². The molecule has 0 atom stereocenters. The third-order valence-corrected chi connectivity index (χ3v) is 5.44. The number of carbonyl (C=O) groups excluding carboxylic acids is 4. The van der Waals surface area contributed by atoms with Gasteiger partial charge in [-0.1, -0.05) is 19.9 Å². The Bertz CT molecular complexity index is 646. The van der Waals surface area contributed by atoms with E-state index in [1.54, 1.807) is 23.1 Å². The van der Waals surface area contributed by atoms with Crippen LogP contribution in [0.4, 0.5) is 4.79 Å². The van der Waals surface area contributed by atoms with Crippen molar-refractivity contribution in [2.45, 2.75) is 19.6 Å². The molecule has 0 aromatic carbocycles. The molecule has 25 heavy (non-hydrogen) atoms. The van der Waals surface area contributed by atoms with Gasteiger partial charge in [0.1, 0.15) is 6.54 Å². The van der Waals surface area contributed by atoms with Gasteiger partial charge in [0.25, 0.3) is 0 Å². The van der Waals surface area contributed by atoms with E-state index in [1.165, 1.54) is 4.88 Å². The second kappa shape index (κ2) is 9.00. The highest BCUT2D eigenvalue weighted by molar-refractivity contribution is 7.98. The van der Waals surface area contributed by atoms with Gasteiger partial charge in [0, 0.05) is 29.5 Å². The van der Waals surface area contributed by atoms with E-state index >= 15 is 0 Å². The molecule has 9 heteroatoms. The van der Waals surface area contributed by atoms with E-state index in [1.807, 2.05) is 25.3 Å². The fraction of sp³-hybridized carbons (Fsp3) is 0.500. The molecule has 1 aromatic rings. The van der Waals surface area contributed by atoms with Crippen LogP contribution in [0.1, 0.15) is 18.7 Å². The molecule has 7 nitrogen and oxygen atoms in total. The van der Waals surface area contributed by atoms with Crippen LogP contribution in [0.25, 0.3) is 0 Å². The third-order valence-electron chi connectivity index (χ3n) is 3.38. The highest BCUT2D eigenvalue weighted by Gasteiger charge is 2.45. The summed E-state index contributed by atoms with van der Waals surface area (Å²) in [6.45, 7) is 3.87. The van der Waals surface area contributed by atoms with Crippen LogP contribution in [-0.4, -0.2) is 58.9 Å². The normalized spacial score (nSPS) is 14.8. The van der Waals surface area contributed by atoms with Crippen molar-refractivity contribution >= 4 is 46.9 Å². The third kappa shape index (κ3) is 5.30. The first-order chi connectivity index (χ1) is 11.9. The minimum absolute atomic E-state index is 0.0508. The molecule has 1 saturated heterocycles. The second-order valence-electron chi connectivity index (χ2n) is 5.97. The van der Waals surface area contributed by atoms with Crippen molar-refractivity contribution < 1.29 is 19.2 Å². The van der Waals surface area contributed by atoms with Crippen LogP contribution in [0.2, 0.25) is 0 Å². The number of nitrogens with one attached hydrogen (secondary N) is 1. The van der Waals surface area contributed by atoms with Gasteiger partial charge in [0.15, 0.2) is 0 Å². The van der Waals surface area contributed by atoms with E-state index in [0.29, 0.717) is 11.4 Å². The summed E-state index contributed by atoms with van der Waals surface area (Å²) < 4.78 is 0. The summed E-state index contributed by atoms with van der Waals surface area (Å²) in [5.41, 5.74) is 0. The molecule has 0 spiro atoms. The minimum Gasteiger partial charge on any atom is -0.354 e. The van der Waals surface area contributed by atoms with Gasteiger partial charge in [-0.25, -0.2) is 9.69 Å². The number of carbonyl (C=O) groups is 4. The van der Waals surface area contributed by atoms with Crippen molar-refractivity contribution in [2.24, 2.45) is 5.92 Å². The molecule has 0 unspecified atom stereocenters. The summed E-state index contributed by atoms with van der Waals surface area (Å²) in [5, 5.41) is 4.69. The molecule has 0 bridgehead atoms. The summed E-state index contributed by atoms with van der Waals surface area (Å²) in [6, 6.07) is 3.34. The Morgan fingerprint density at radius 3 is 2.60 bits per heavy atom. The quantitative estimate of drug-likeness (QED) is 0.397. The van der Waals surface area contributed by atoms with E-state index in [9.17, 15) is 19.2 Å². The number of thiophene rings is 1. The Hall–Kier alpha value is -1.87. The summed E-state index contributed by atoms with van der Waals surface area (Å²) in [6.07, 6.45) is 0. The van der Waals surface area contributed by atoms with Crippen LogP contribution >= 0.6 is 23.1 Å². The van der Waals surface area contributed by atoms with E-state index < -0.39 is 30.3 Å². The Morgan fingerprint density at radius 2 is 1.96 bits per heavy atom.